The number of amides is 3. The summed E-state index contributed by atoms with van der Waals surface area (Å²) in [4.78, 5) is 50.2. The summed E-state index contributed by atoms with van der Waals surface area (Å²) in [5, 5.41) is 2.94. The second-order valence-electron chi connectivity index (χ2n) is 7.65. The standard InChI is InChI=1S/C20H21ClN2O5/c21-13-3-1-2-4-14(13)22-15(24)10-28-16(25)7-8-23-19(26)17-11-5-6-12(9-11)18(17)20(23)27/h1-4,11-12,17-18H,5-10H2,(H,22,24)/t11-,12+,17-,18-/m0/s1. The first-order chi connectivity index (χ1) is 13.5. The molecule has 3 fully saturated rings. The van der Waals surface area contributed by atoms with E-state index in [2.05, 4.69) is 5.32 Å². The lowest BCUT2D eigenvalue weighted by Crippen LogP contribution is -2.35. The molecule has 7 nitrogen and oxygen atoms in total. The number of hydrogen-bond donors (Lipinski definition) is 1. The predicted molar refractivity (Wildman–Crippen MR) is 100 cm³/mol. The maximum atomic E-state index is 12.6. The van der Waals surface area contributed by atoms with Gasteiger partial charge in [-0.05, 0) is 43.2 Å². The molecule has 4 atom stereocenters. The molecule has 0 aromatic heterocycles. The maximum Gasteiger partial charge on any atom is 0.308 e. The monoisotopic (exact) mass is 404 g/mol. The molecule has 3 amide bonds. The Hall–Kier alpha value is -2.41. The molecule has 8 heteroatoms. The van der Waals surface area contributed by atoms with Crippen LogP contribution in [0, 0.1) is 23.7 Å². The van der Waals surface area contributed by atoms with E-state index < -0.39 is 18.5 Å². The van der Waals surface area contributed by atoms with E-state index in [0.717, 1.165) is 19.3 Å². The molecule has 2 aliphatic carbocycles. The summed E-state index contributed by atoms with van der Waals surface area (Å²) in [6.45, 7) is -0.448. The first-order valence-electron chi connectivity index (χ1n) is 9.51. The van der Waals surface area contributed by atoms with Crippen LogP contribution in [0.2, 0.25) is 5.02 Å². The lowest BCUT2D eigenvalue weighted by molar-refractivity contribution is -0.149. The Balaban J connectivity index is 1.24. The summed E-state index contributed by atoms with van der Waals surface area (Å²) in [7, 11) is 0. The lowest BCUT2D eigenvalue weighted by atomic mass is 9.81. The van der Waals surface area contributed by atoms with Gasteiger partial charge in [-0.2, -0.15) is 0 Å². The summed E-state index contributed by atoms with van der Waals surface area (Å²) < 4.78 is 4.95. The number of rotatable bonds is 6. The summed E-state index contributed by atoms with van der Waals surface area (Å²) in [5.41, 5.74) is 0.430. The number of likely N-dealkylation sites (tertiary alicyclic amines) is 1. The molecule has 148 valence electrons. The van der Waals surface area contributed by atoms with Crippen molar-refractivity contribution in [3.05, 3.63) is 29.3 Å². The fourth-order valence-electron chi connectivity index (χ4n) is 4.86. The third-order valence-corrected chi connectivity index (χ3v) is 6.40. The van der Waals surface area contributed by atoms with E-state index in [-0.39, 0.29) is 36.6 Å². The highest BCUT2D eigenvalue weighted by molar-refractivity contribution is 6.33. The van der Waals surface area contributed by atoms with Crippen molar-refractivity contribution in [2.24, 2.45) is 23.7 Å². The molecular formula is C20H21ClN2O5. The first kappa shape index (κ1) is 18.9. The van der Waals surface area contributed by atoms with Crippen molar-refractivity contribution >= 4 is 41.0 Å². The highest BCUT2D eigenvalue weighted by Crippen LogP contribution is 2.56. The number of imide groups is 1. The molecule has 28 heavy (non-hydrogen) atoms. The van der Waals surface area contributed by atoms with Crippen molar-refractivity contribution in [2.75, 3.05) is 18.5 Å². The summed E-state index contributed by atoms with van der Waals surface area (Å²) in [5.74, 6) is -1.19. The van der Waals surface area contributed by atoms with Crippen LogP contribution in [0.5, 0.6) is 0 Å². The fraction of sp³-hybridized carbons (Fsp3) is 0.500. The van der Waals surface area contributed by atoms with Crippen LogP contribution in [0.3, 0.4) is 0 Å². The molecule has 3 aliphatic rings. The van der Waals surface area contributed by atoms with Crippen molar-refractivity contribution in [3.63, 3.8) is 0 Å². The number of fused-ring (bicyclic) bond motifs is 5. The zero-order valence-electron chi connectivity index (χ0n) is 15.2. The number of hydrogen-bond acceptors (Lipinski definition) is 5. The van der Waals surface area contributed by atoms with Gasteiger partial charge in [0.1, 0.15) is 0 Å². The van der Waals surface area contributed by atoms with E-state index in [0.29, 0.717) is 22.5 Å². The minimum Gasteiger partial charge on any atom is -0.456 e. The SMILES string of the molecule is O=C(COC(=O)CCN1C(=O)[C@H]2[C@@H]3CC[C@@H](C3)[C@@H]2C1=O)Nc1ccccc1Cl. The van der Waals surface area contributed by atoms with Gasteiger partial charge in [0.05, 0.1) is 29.0 Å². The van der Waals surface area contributed by atoms with Gasteiger partial charge in [0.15, 0.2) is 6.61 Å². The predicted octanol–water partition coefficient (Wildman–Crippen LogP) is 2.24. The van der Waals surface area contributed by atoms with Crippen LogP contribution < -0.4 is 5.32 Å². The van der Waals surface area contributed by atoms with Crippen LogP contribution in [-0.2, 0) is 23.9 Å². The van der Waals surface area contributed by atoms with Gasteiger partial charge in [0.2, 0.25) is 11.8 Å². The highest BCUT2D eigenvalue weighted by Gasteiger charge is 2.60. The molecule has 0 radical (unpaired) electrons. The Morgan fingerprint density at radius 2 is 1.75 bits per heavy atom. The smallest absolute Gasteiger partial charge is 0.308 e. The van der Waals surface area contributed by atoms with E-state index in [1.54, 1.807) is 24.3 Å². The van der Waals surface area contributed by atoms with Crippen molar-refractivity contribution in [1.82, 2.24) is 4.90 Å². The number of ether oxygens (including phenoxy) is 1. The van der Waals surface area contributed by atoms with Gasteiger partial charge < -0.3 is 10.1 Å². The van der Waals surface area contributed by atoms with Crippen molar-refractivity contribution in [1.29, 1.82) is 0 Å². The Kier molecular flexibility index (Phi) is 5.10. The summed E-state index contributed by atoms with van der Waals surface area (Å²) >= 11 is 5.95. The zero-order chi connectivity index (χ0) is 19.8. The van der Waals surface area contributed by atoms with Gasteiger partial charge >= 0.3 is 5.97 Å². The molecule has 2 bridgehead atoms. The normalized spacial score (nSPS) is 27.8. The second-order valence-corrected chi connectivity index (χ2v) is 8.06. The number of nitrogens with zero attached hydrogens (tertiary/aromatic N) is 1. The molecule has 1 heterocycles. The van der Waals surface area contributed by atoms with Gasteiger partial charge in [-0.25, -0.2) is 0 Å². The summed E-state index contributed by atoms with van der Waals surface area (Å²) in [6.07, 6.45) is 2.89. The van der Waals surface area contributed by atoms with E-state index in [1.807, 2.05) is 0 Å². The molecule has 1 aliphatic heterocycles. The number of halogens is 1. The van der Waals surface area contributed by atoms with Crippen LogP contribution in [0.4, 0.5) is 5.69 Å². The number of para-hydroxylation sites is 1. The minimum absolute atomic E-state index is 0.00900. The van der Waals surface area contributed by atoms with Crippen LogP contribution in [-0.4, -0.2) is 41.7 Å². The van der Waals surface area contributed by atoms with E-state index in [4.69, 9.17) is 16.3 Å². The Labute approximate surface area is 167 Å². The maximum absolute atomic E-state index is 12.6. The zero-order valence-corrected chi connectivity index (χ0v) is 16.0. The molecule has 1 saturated heterocycles. The van der Waals surface area contributed by atoms with Crippen LogP contribution in [0.1, 0.15) is 25.7 Å². The minimum atomic E-state index is -0.630. The van der Waals surface area contributed by atoms with E-state index >= 15 is 0 Å². The molecule has 0 unspecified atom stereocenters. The number of esters is 1. The second kappa shape index (κ2) is 7.54. The highest BCUT2D eigenvalue weighted by atomic mass is 35.5. The van der Waals surface area contributed by atoms with Gasteiger partial charge in [-0.1, -0.05) is 23.7 Å². The molecule has 1 aromatic rings. The van der Waals surface area contributed by atoms with E-state index in [1.165, 1.54) is 4.90 Å². The Morgan fingerprint density at radius 3 is 2.39 bits per heavy atom. The van der Waals surface area contributed by atoms with Gasteiger partial charge in [0.25, 0.3) is 5.91 Å². The third kappa shape index (κ3) is 3.39. The molecule has 1 aromatic carbocycles. The van der Waals surface area contributed by atoms with Gasteiger partial charge in [-0.15, -0.1) is 0 Å². The Bertz CT molecular complexity index is 814. The van der Waals surface area contributed by atoms with Crippen molar-refractivity contribution < 1.29 is 23.9 Å². The third-order valence-electron chi connectivity index (χ3n) is 6.07. The average molecular weight is 405 g/mol. The topological polar surface area (TPSA) is 92.8 Å². The van der Waals surface area contributed by atoms with Crippen molar-refractivity contribution in [2.45, 2.75) is 25.7 Å². The summed E-state index contributed by atoms with van der Waals surface area (Å²) in [6, 6.07) is 6.73. The van der Waals surface area contributed by atoms with Gasteiger partial charge in [0, 0.05) is 6.54 Å². The molecule has 0 spiro atoms. The average Bonchev–Trinajstić information content (AvgIpc) is 3.35. The molecule has 2 saturated carbocycles. The fourth-order valence-corrected chi connectivity index (χ4v) is 5.04. The van der Waals surface area contributed by atoms with E-state index in [9.17, 15) is 19.2 Å². The van der Waals surface area contributed by atoms with Crippen LogP contribution in [0.15, 0.2) is 24.3 Å². The quantitative estimate of drug-likeness (QED) is 0.579. The van der Waals surface area contributed by atoms with Crippen LogP contribution in [0.25, 0.3) is 0 Å². The molecule has 1 N–H and O–H groups in total. The van der Waals surface area contributed by atoms with Crippen LogP contribution >= 0.6 is 11.6 Å². The van der Waals surface area contributed by atoms with Crippen molar-refractivity contribution in [3.8, 4) is 0 Å². The lowest BCUT2D eigenvalue weighted by Gasteiger charge is -2.19. The number of nitrogens with one attached hydrogen (secondary N) is 1. The number of benzene rings is 1. The number of anilines is 1. The largest absolute Gasteiger partial charge is 0.456 e. The number of carbonyl (C=O) groups is 4. The molecular weight excluding hydrogens is 384 g/mol. The first-order valence-corrected chi connectivity index (χ1v) is 9.88. The van der Waals surface area contributed by atoms with Gasteiger partial charge in [-0.3, -0.25) is 24.1 Å². The number of carbonyl (C=O) groups excluding carboxylic acids is 4. The Morgan fingerprint density at radius 1 is 1.11 bits per heavy atom. The molecule has 4 rings (SSSR count).